The number of hydrazone groups is 1. The van der Waals surface area contributed by atoms with Crippen LogP contribution in [0.2, 0.25) is 0 Å². The molecule has 0 aliphatic carbocycles. The van der Waals surface area contributed by atoms with Crippen LogP contribution >= 0.6 is 38.5 Å². The topological polar surface area (TPSA) is 91.5 Å². The molecule has 35 heavy (non-hydrogen) atoms. The number of furan rings is 1. The number of ether oxygens (including phenoxy) is 4. The molecule has 0 fully saturated rings. The number of hydrogen-bond donors (Lipinski definition) is 1. The maximum atomic E-state index is 12.4. The summed E-state index contributed by atoms with van der Waals surface area (Å²) in [5.74, 6) is 2.32. The highest BCUT2D eigenvalue weighted by Crippen LogP contribution is 2.36. The molecule has 1 aliphatic rings. The molecule has 178 valence electrons. The molecule has 3 aromatic carbocycles. The first-order valence-corrected chi connectivity index (χ1v) is 12.3. The molecule has 0 atom stereocenters. The number of fused-ring (bicyclic) bond motifs is 2. The van der Waals surface area contributed by atoms with Crippen LogP contribution in [0.3, 0.4) is 0 Å². The Morgan fingerprint density at radius 3 is 2.86 bits per heavy atom. The van der Waals surface area contributed by atoms with E-state index in [1.807, 2.05) is 36.4 Å². The molecule has 5 rings (SSSR count). The van der Waals surface area contributed by atoms with Gasteiger partial charge in [0.1, 0.15) is 12.2 Å². The van der Waals surface area contributed by atoms with E-state index in [2.05, 4.69) is 49.0 Å². The number of halogens is 2. The van der Waals surface area contributed by atoms with Crippen LogP contribution in [0, 0.1) is 3.57 Å². The van der Waals surface area contributed by atoms with E-state index in [9.17, 15) is 4.79 Å². The molecule has 0 saturated carbocycles. The minimum absolute atomic E-state index is 0.176. The van der Waals surface area contributed by atoms with Crippen LogP contribution < -0.4 is 24.4 Å². The van der Waals surface area contributed by atoms with Crippen molar-refractivity contribution in [2.45, 2.75) is 6.61 Å². The average Bonchev–Trinajstić information content (AvgIpc) is 3.49. The molecule has 2 heterocycles. The Bertz CT molecular complexity index is 1450. The number of methoxy groups -OCH3 is 1. The number of carbonyl (C=O) groups excluding carboxylic acids is 1. The van der Waals surface area contributed by atoms with E-state index in [0.29, 0.717) is 29.4 Å². The smallest absolute Gasteiger partial charge is 0.307 e. The second kappa shape index (κ2) is 10.2. The first kappa shape index (κ1) is 23.5. The first-order chi connectivity index (χ1) is 17.0. The summed E-state index contributed by atoms with van der Waals surface area (Å²) in [6.45, 7) is 0.561. The van der Waals surface area contributed by atoms with Crippen LogP contribution in [0.1, 0.15) is 21.7 Å². The van der Waals surface area contributed by atoms with Crippen LogP contribution in [0.25, 0.3) is 11.0 Å². The lowest BCUT2D eigenvalue weighted by Crippen LogP contribution is -2.16. The van der Waals surface area contributed by atoms with E-state index in [4.69, 9.17) is 23.4 Å². The van der Waals surface area contributed by atoms with Gasteiger partial charge in [0.25, 0.3) is 0 Å². The van der Waals surface area contributed by atoms with E-state index in [0.717, 1.165) is 30.3 Å². The minimum atomic E-state index is -0.445. The fourth-order valence-electron chi connectivity index (χ4n) is 3.49. The lowest BCUT2D eigenvalue weighted by molar-refractivity contribution is 0.0929. The molecule has 1 N–H and O–H groups in total. The first-order valence-electron chi connectivity index (χ1n) is 10.4. The van der Waals surface area contributed by atoms with Gasteiger partial charge in [0, 0.05) is 9.86 Å². The molecule has 10 heteroatoms. The Kier molecular flexibility index (Phi) is 6.82. The maximum Gasteiger partial charge on any atom is 0.307 e. The Morgan fingerprint density at radius 1 is 1.14 bits per heavy atom. The summed E-state index contributed by atoms with van der Waals surface area (Å²) in [6, 6.07) is 16.5. The monoisotopic (exact) mass is 648 g/mol. The fraction of sp³-hybridized carbons (Fsp3) is 0.120. The normalized spacial score (nSPS) is 12.3. The van der Waals surface area contributed by atoms with Gasteiger partial charge in [0.05, 0.1) is 16.9 Å². The zero-order valence-corrected chi connectivity index (χ0v) is 22.1. The molecule has 0 bridgehead atoms. The van der Waals surface area contributed by atoms with Gasteiger partial charge in [0.15, 0.2) is 28.8 Å². The van der Waals surface area contributed by atoms with Gasteiger partial charge < -0.3 is 23.4 Å². The van der Waals surface area contributed by atoms with Crippen molar-refractivity contribution in [2.75, 3.05) is 13.9 Å². The molecule has 0 unspecified atom stereocenters. The minimum Gasteiger partial charge on any atom is -0.493 e. The van der Waals surface area contributed by atoms with Crippen molar-refractivity contribution in [3.05, 3.63) is 79.5 Å². The quantitative estimate of drug-likeness (QED) is 0.153. The molecular formula is C25H18BrIN2O6. The molecule has 8 nitrogen and oxygen atoms in total. The van der Waals surface area contributed by atoms with Crippen molar-refractivity contribution >= 4 is 61.6 Å². The number of benzene rings is 3. The maximum absolute atomic E-state index is 12.4. The number of amides is 1. The summed E-state index contributed by atoms with van der Waals surface area (Å²) in [7, 11) is 1.57. The Morgan fingerprint density at radius 2 is 2.00 bits per heavy atom. The van der Waals surface area contributed by atoms with Crippen molar-refractivity contribution in [1.29, 1.82) is 0 Å². The van der Waals surface area contributed by atoms with E-state index < -0.39 is 5.91 Å². The molecule has 0 radical (unpaired) electrons. The van der Waals surface area contributed by atoms with E-state index in [1.54, 1.807) is 25.3 Å². The number of hydrogen-bond acceptors (Lipinski definition) is 7. The number of rotatable bonds is 7. The largest absolute Gasteiger partial charge is 0.493 e. The number of nitrogens with zero attached hydrogens (tertiary/aromatic N) is 1. The van der Waals surface area contributed by atoms with Gasteiger partial charge in [-0.15, -0.1) is 0 Å². The van der Waals surface area contributed by atoms with E-state index in [1.165, 1.54) is 6.21 Å². The Balaban J connectivity index is 1.26. The Hall–Kier alpha value is -3.25. The highest BCUT2D eigenvalue weighted by molar-refractivity contribution is 14.1. The zero-order chi connectivity index (χ0) is 24.4. The van der Waals surface area contributed by atoms with Crippen LogP contribution in [0.5, 0.6) is 23.0 Å². The lowest BCUT2D eigenvalue weighted by Gasteiger charge is -2.14. The molecule has 0 saturated heterocycles. The molecule has 1 aromatic heterocycles. The van der Waals surface area contributed by atoms with Gasteiger partial charge in [-0.1, -0.05) is 22.0 Å². The summed E-state index contributed by atoms with van der Waals surface area (Å²) >= 11 is 5.58. The zero-order valence-electron chi connectivity index (χ0n) is 18.3. The van der Waals surface area contributed by atoms with E-state index >= 15 is 0 Å². The fourth-order valence-corrected chi connectivity index (χ4v) is 4.65. The average molecular weight is 649 g/mol. The highest BCUT2D eigenvalue weighted by Gasteiger charge is 2.16. The second-order valence-corrected chi connectivity index (χ2v) is 9.58. The molecule has 4 aromatic rings. The van der Waals surface area contributed by atoms with Crippen molar-refractivity contribution in [1.82, 2.24) is 5.43 Å². The summed E-state index contributed by atoms with van der Waals surface area (Å²) < 4.78 is 29.7. The number of nitrogens with one attached hydrogen (secondary N) is 1. The second-order valence-electron chi connectivity index (χ2n) is 7.50. The third kappa shape index (κ3) is 5.22. The van der Waals surface area contributed by atoms with Crippen molar-refractivity contribution < 1.29 is 28.2 Å². The van der Waals surface area contributed by atoms with Crippen LogP contribution in [0.15, 0.2) is 68.6 Å². The van der Waals surface area contributed by atoms with Crippen LogP contribution in [-0.4, -0.2) is 26.0 Å². The van der Waals surface area contributed by atoms with Gasteiger partial charge >= 0.3 is 5.91 Å². The summed E-state index contributed by atoms with van der Waals surface area (Å²) in [4.78, 5) is 12.4. The Labute approximate surface area is 222 Å². The van der Waals surface area contributed by atoms with Gasteiger partial charge in [-0.3, -0.25) is 4.79 Å². The molecule has 1 aliphatic heterocycles. The predicted molar refractivity (Wildman–Crippen MR) is 142 cm³/mol. The third-order valence-electron chi connectivity index (χ3n) is 5.15. The standard InChI is InChI=1S/C25H18BrIN2O6/c1-31-22-8-15(11-28-29-25(30)23-10-16-9-17(26)3-5-19(16)35-23)6-18(27)24(22)32-12-14-2-4-20-21(7-14)34-13-33-20/h2-11H,12-13H2,1H3,(H,29,30)/b28-11+. The molecular weight excluding hydrogens is 631 g/mol. The molecule has 0 spiro atoms. The predicted octanol–water partition coefficient (Wildman–Crippen LogP) is 5.88. The summed E-state index contributed by atoms with van der Waals surface area (Å²) in [5, 5.41) is 4.88. The van der Waals surface area contributed by atoms with E-state index in [-0.39, 0.29) is 12.6 Å². The van der Waals surface area contributed by atoms with Gasteiger partial charge in [0.2, 0.25) is 6.79 Å². The summed E-state index contributed by atoms with van der Waals surface area (Å²) in [6.07, 6.45) is 1.53. The van der Waals surface area contributed by atoms with Crippen molar-refractivity contribution in [3.8, 4) is 23.0 Å². The van der Waals surface area contributed by atoms with Crippen LogP contribution in [0.4, 0.5) is 0 Å². The highest BCUT2D eigenvalue weighted by atomic mass is 127. The van der Waals surface area contributed by atoms with Crippen molar-refractivity contribution in [2.24, 2.45) is 5.10 Å². The van der Waals surface area contributed by atoms with Gasteiger partial charge in [-0.2, -0.15) is 5.10 Å². The molecule has 1 amide bonds. The van der Waals surface area contributed by atoms with Gasteiger partial charge in [-0.05, 0) is 82.2 Å². The lowest BCUT2D eigenvalue weighted by atomic mass is 10.2. The summed E-state index contributed by atoms with van der Waals surface area (Å²) in [5.41, 5.74) is 4.79. The number of carbonyl (C=O) groups is 1. The third-order valence-corrected chi connectivity index (χ3v) is 6.45. The van der Waals surface area contributed by atoms with Crippen molar-refractivity contribution in [3.63, 3.8) is 0 Å². The van der Waals surface area contributed by atoms with Gasteiger partial charge in [-0.25, -0.2) is 5.43 Å². The SMILES string of the molecule is COc1cc(/C=N/NC(=O)c2cc3cc(Br)ccc3o2)cc(I)c1OCc1ccc2c(c1)OCO2. The van der Waals surface area contributed by atoms with Crippen LogP contribution in [-0.2, 0) is 6.61 Å².